The van der Waals surface area contributed by atoms with Crippen LogP contribution < -0.4 is 11.1 Å². The maximum absolute atomic E-state index is 12.0. The molecule has 19 heavy (non-hydrogen) atoms. The van der Waals surface area contributed by atoms with E-state index in [1.165, 1.54) is 12.1 Å². The van der Waals surface area contributed by atoms with E-state index >= 15 is 0 Å². The van der Waals surface area contributed by atoms with Gasteiger partial charge in [0.05, 0.1) is 16.8 Å². The van der Waals surface area contributed by atoms with Crippen LogP contribution in [-0.2, 0) is 0 Å². The summed E-state index contributed by atoms with van der Waals surface area (Å²) in [5.41, 5.74) is 7.05. The molecule has 0 fully saturated rings. The van der Waals surface area contributed by atoms with Crippen molar-refractivity contribution in [2.75, 3.05) is 11.1 Å². The van der Waals surface area contributed by atoms with Crippen molar-refractivity contribution in [3.63, 3.8) is 0 Å². The van der Waals surface area contributed by atoms with Gasteiger partial charge in [0.1, 0.15) is 5.00 Å². The summed E-state index contributed by atoms with van der Waals surface area (Å²) in [5.74, 6) is -1.45. The molecule has 0 saturated carbocycles. The van der Waals surface area contributed by atoms with Gasteiger partial charge >= 0.3 is 5.97 Å². The van der Waals surface area contributed by atoms with Gasteiger partial charge in [-0.3, -0.25) is 4.79 Å². The molecule has 0 unspecified atom stereocenters. The molecule has 4 N–H and O–H groups in total. The summed E-state index contributed by atoms with van der Waals surface area (Å²) in [7, 11) is 0. The van der Waals surface area contributed by atoms with E-state index in [0.29, 0.717) is 21.9 Å². The van der Waals surface area contributed by atoms with Crippen LogP contribution in [0.1, 0.15) is 26.4 Å². The number of aryl methyl sites for hydroxylation is 1. The van der Waals surface area contributed by atoms with Crippen LogP contribution in [0.5, 0.6) is 0 Å². The van der Waals surface area contributed by atoms with Gasteiger partial charge in [0.15, 0.2) is 0 Å². The maximum Gasteiger partial charge on any atom is 0.335 e. The molecular weight excluding hydrogens is 266 g/mol. The van der Waals surface area contributed by atoms with Gasteiger partial charge in [0.25, 0.3) is 5.91 Å². The quantitative estimate of drug-likeness (QED) is 0.795. The van der Waals surface area contributed by atoms with Crippen molar-refractivity contribution in [3.05, 3.63) is 41.1 Å². The lowest BCUT2D eigenvalue weighted by Gasteiger charge is -2.06. The standard InChI is InChI=1S/C12H11N3O3S/c1-6-9(10(13)19-15-6)11(16)14-8-4-2-3-7(5-8)12(17)18/h2-5H,13H2,1H3,(H,14,16)(H,17,18). The predicted octanol–water partition coefficient (Wildman–Crippen LogP) is 1.98. The van der Waals surface area contributed by atoms with E-state index in [4.69, 9.17) is 10.8 Å². The number of aromatic nitrogens is 1. The second kappa shape index (κ2) is 5.07. The maximum atomic E-state index is 12.0. The highest BCUT2D eigenvalue weighted by Gasteiger charge is 2.16. The summed E-state index contributed by atoms with van der Waals surface area (Å²) in [6, 6.07) is 5.99. The first-order chi connectivity index (χ1) is 8.99. The number of nitrogens with one attached hydrogen (secondary N) is 1. The molecule has 0 aliphatic carbocycles. The molecule has 0 saturated heterocycles. The first kappa shape index (κ1) is 13.0. The van der Waals surface area contributed by atoms with Crippen LogP contribution in [-0.4, -0.2) is 21.4 Å². The van der Waals surface area contributed by atoms with Crippen molar-refractivity contribution < 1.29 is 14.7 Å². The molecule has 0 spiro atoms. The Morgan fingerprint density at radius 2 is 2.16 bits per heavy atom. The molecule has 0 radical (unpaired) electrons. The predicted molar refractivity (Wildman–Crippen MR) is 72.6 cm³/mol. The molecule has 6 nitrogen and oxygen atoms in total. The van der Waals surface area contributed by atoms with E-state index < -0.39 is 11.9 Å². The SMILES string of the molecule is Cc1nsc(N)c1C(=O)Nc1cccc(C(=O)O)c1. The molecule has 1 heterocycles. The second-order valence-electron chi connectivity index (χ2n) is 3.85. The van der Waals surface area contributed by atoms with Gasteiger partial charge in [-0.1, -0.05) is 6.07 Å². The Hall–Kier alpha value is -2.41. The largest absolute Gasteiger partial charge is 0.478 e. The molecule has 0 bridgehead atoms. The molecule has 0 aliphatic rings. The fourth-order valence-electron chi connectivity index (χ4n) is 1.59. The lowest BCUT2D eigenvalue weighted by atomic mass is 10.2. The number of carboxylic acids is 1. The number of hydrogen-bond acceptors (Lipinski definition) is 5. The number of nitrogen functional groups attached to an aromatic ring is 1. The zero-order chi connectivity index (χ0) is 14.0. The minimum absolute atomic E-state index is 0.103. The third-order valence-corrected chi connectivity index (χ3v) is 3.25. The number of nitrogens with zero attached hydrogens (tertiary/aromatic N) is 1. The van der Waals surface area contributed by atoms with Crippen molar-refractivity contribution in [1.29, 1.82) is 0 Å². The van der Waals surface area contributed by atoms with E-state index in [9.17, 15) is 9.59 Å². The lowest BCUT2D eigenvalue weighted by molar-refractivity contribution is 0.0696. The molecule has 2 rings (SSSR count). The zero-order valence-electron chi connectivity index (χ0n) is 10.0. The molecule has 1 amide bonds. The van der Waals surface area contributed by atoms with Crippen molar-refractivity contribution in [2.24, 2.45) is 0 Å². The van der Waals surface area contributed by atoms with E-state index in [1.807, 2.05) is 0 Å². The fraction of sp³-hybridized carbons (Fsp3) is 0.0833. The van der Waals surface area contributed by atoms with Gasteiger partial charge < -0.3 is 16.2 Å². The zero-order valence-corrected chi connectivity index (χ0v) is 10.8. The molecule has 1 aromatic heterocycles. The Morgan fingerprint density at radius 3 is 2.74 bits per heavy atom. The second-order valence-corrected chi connectivity index (χ2v) is 4.65. The van der Waals surface area contributed by atoms with E-state index in [-0.39, 0.29) is 5.56 Å². The van der Waals surface area contributed by atoms with Crippen molar-refractivity contribution in [1.82, 2.24) is 4.37 Å². The highest BCUT2D eigenvalue weighted by molar-refractivity contribution is 7.10. The number of nitrogens with two attached hydrogens (primary N) is 1. The molecule has 7 heteroatoms. The average molecular weight is 277 g/mol. The van der Waals surface area contributed by atoms with Gasteiger partial charge in [0, 0.05) is 5.69 Å². The van der Waals surface area contributed by atoms with Crippen LogP contribution in [0, 0.1) is 6.92 Å². The monoisotopic (exact) mass is 277 g/mol. The highest BCUT2D eigenvalue weighted by Crippen LogP contribution is 2.22. The van der Waals surface area contributed by atoms with Crippen molar-refractivity contribution in [3.8, 4) is 0 Å². The van der Waals surface area contributed by atoms with Gasteiger partial charge in [-0.05, 0) is 36.7 Å². The van der Waals surface area contributed by atoms with Gasteiger partial charge in [-0.15, -0.1) is 0 Å². The first-order valence-corrected chi connectivity index (χ1v) is 6.13. The van der Waals surface area contributed by atoms with Crippen LogP contribution >= 0.6 is 11.5 Å². The van der Waals surface area contributed by atoms with E-state index in [1.54, 1.807) is 19.1 Å². The number of carboxylic acid groups (broad SMARTS) is 1. The Bertz CT molecular complexity index is 632. The number of hydrogen-bond donors (Lipinski definition) is 3. The molecule has 1 aromatic carbocycles. The topological polar surface area (TPSA) is 105 Å². The third kappa shape index (κ3) is 2.71. The Kier molecular flexibility index (Phi) is 3.48. The van der Waals surface area contributed by atoms with Crippen LogP contribution in [0.15, 0.2) is 24.3 Å². The van der Waals surface area contributed by atoms with Gasteiger partial charge in [-0.2, -0.15) is 4.37 Å². The number of amides is 1. The molecule has 98 valence electrons. The first-order valence-electron chi connectivity index (χ1n) is 5.35. The van der Waals surface area contributed by atoms with Crippen LogP contribution in [0.3, 0.4) is 0 Å². The van der Waals surface area contributed by atoms with Crippen LogP contribution in [0.2, 0.25) is 0 Å². The summed E-state index contributed by atoms with van der Waals surface area (Å²) in [4.78, 5) is 22.9. The Balaban J connectivity index is 2.24. The van der Waals surface area contributed by atoms with Gasteiger partial charge in [-0.25, -0.2) is 4.79 Å². The number of carbonyl (C=O) groups is 2. The van der Waals surface area contributed by atoms with Crippen LogP contribution in [0.4, 0.5) is 10.7 Å². The summed E-state index contributed by atoms with van der Waals surface area (Å²) in [5, 5.41) is 11.8. The number of anilines is 2. The summed E-state index contributed by atoms with van der Waals surface area (Å²) in [6.07, 6.45) is 0. The lowest BCUT2D eigenvalue weighted by Crippen LogP contribution is -2.14. The number of rotatable bonds is 3. The summed E-state index contributed by atoms with van der Waals surface area (Å²) in [6.45, 7) is 1.69. The normalized spacial score (nSPS) is 10.2. The number of carbonyl (C=O) groups excluding carboxylic acids is 1. The van der Waals surface area contributed by atoms with Crippen LogP contribution in [0.25, 0.3) is 0 Å². The summed E-state index contributed by atoms with van der Waals surface area (Å²) >= 11 is 1.05. The van der Waals surface area contributed by atoms with Crippen molar-refractivity contribution in [2.45, 2.75) is 6.92 Å². The van der Waals surface area contributed by atoms with E-state index in [2.05, 4.69) is 9.69 Å². The third-order valence-electron chi connectivity index (χ3n) is 2.48. The van der Waals surface area contributed by atoms with Crippen molar-refractivity contribution >= 4 is 34.1 Å². The number of benzene rings is 1. The Labute approximate surface area is 113 Å². The molecule has 2 aromatic rings. The van der Waals surface area contributed by atoms with Gasteiger partial charge in [0.2, 0.25) is 0 Å². The number of aromatic carboxylic acids is 1. The van der Waals surface area contributed by atoms with E-state index in [0.717, 1.165) is 11.5 Å². The minimum atomic E-state index is -1.05. The Morgan fingerprint density at radius 1 is 1.42 bits per heavy atom. The molecule has 0 aliphatic heterocycles. The fourth-order valence-corrected chi connectivity index (χ4v) is 2.25. The smallest absolute Gasteiger partial charge is 0.335 e. The molecule has 0 atom stereocenters. The summed E-state index contributed by atoms with van der Waals surface area (Å²) < 4.78 is 3.99. The minimum Gasteiger partial charge on any atom is -0.478 e. The highest BCUT2D eigenvalue weighted by atomic mass is 32.1. The average Bonchev–Trinajstić information content (AvgIpc) is 2.69. The molecular formula is C12H11N3O3S.